The Morgan fingerprint density at radius 2 is 1.81 bits per heavy atom. The molecule has 0 spiro atoms. The summed E-state index contributed by atoms with van der Waals surface area (Å²) in [5.74, 6) is 1.72. The van der Waals surface area contributed by atoms with Crippen LogP contribution in [-0.2, 0) is 0 Å². The smallest absolute Gasteiger partial charge is 0.161 e. The summed E-state index contributed by atoms with van der Waals surface area (Å²) in [4.78, 5) is 13.4. The quantitative estimate of drug-likeness (QED) is 0.905. The number of aromatic nitrogens is 3. The molecule has 0 saturated carbocycles. The molecule has 3 rings (SSSR count). The Morgan fingerprint density at radius 3 is 2.52 bits per heavy atom. The predicted octanol–water partition coefficient (Wildman–Crippen LogP) is 2.32. The third-order valence-electron chi connectivity index (χ3n) is 4.01. The average Bonchev–Trinajstić information content (AvgIpc) is 2.53. The van der Waals surface area contributed by atoms with Crippen LogP contribution in [0.1, 0.15) is 24.1 Å². The van der Waals surface area contributed by atoms with Gasteiger partial charge in [0.25, 0.3) is 0 Å². The second-order valence-electron chi connectivity index (χ2n) is 5.51. The monoisotopic (exact) mass is 283 g/mol. The minimum absolute atomic E-state index is 0.490. The third-order valence-corrected chi connectivity index (χ3v) is 4.01. The lowest BCUT2D eigenvalue weighted by molar-refractivity contribution is 0.478. The van der Waals surface area contributed by atoms with Crippen LogP contribution < -0.4 is 10.6 Å². The molecule has 5 heteroatoms. The third kappa shape index (κ3) is 3.19. The van der Waals surface area contributed by atoms with Gasteiger partial charge in [-0.15, -0.1) is 0 Å². The van der Waals surface area contributed by atoms with Crippen LogP contribution in [0.3, 0.4) is 0 Å². The summed E-state index contributed by atoms with van der Waals surface area (Å²) < 4.78 is 0. The molecule has 110 valence electrons. The van der Waals surface area contributed by atoms with Gasteiger partial charge in [0.15, 0.2) is 5.82 Å². The number of rotatable bonds is 3. The Labute approximate surface area is 125 Å². The van der Waals surface area contributed by atoms with Crippen LogP contribution in [0.15, 0.2) is 24.5 Å². The Balaban J connectivity index is 1.90. The fourth-order valence-corrected chi connectivity index (χ4v) is 2.56. The van der Waals surface area contributed by atoms with Gasteiger partial charge in [0.05, 0.1) is 0 Å². The number of anilines is 1. The van der Waals surface area contributed by atoms with Gasteiger partial charge in [0.1, 0.15) is 5.82 Å². The van der Waals surface area contributed by atoms with E-state index in [0.29, 0.717) is 6.04 Å². The van der Waals surface area contributed by atoms with Crippen molar-refractivity contribution in [3.63, 3.8) is 0 Å². The second kappa shape index (κ2) is 6.18. The molecule has 2 N–H and O–H groups in total. The van der Waals surface area contributed by atoms with Crippen molar-refractivity contribution >= 4 is 5.82 Å². The van der Waals surface area contributed by atoms with Crippen LogP contribution >= 0.6 is 0 Å². The Bertz CT molecular complexity index is 606. The lowest BCUT2D eigenvalue weighted by Crippen LogP contribution is -2.35. The zero-order chi connectivity index (χ0) is 14.7. The summed E-state index contributed by atoms with van der Waals surface area (Å²) in [7, 11) is 0. The first kappa shape index (κ1) is 13.9. The molecule has 1 aliphatic rings. The molecule has 1 fully saturated rings. The molecule has 0 aromatic carbocycles. The lowest BCUT2D eigenvalue weighted by atomic mass is 10.1. The molecule has 0 bridgehead atoms. The van der Waals surface area contributed by atoms with E-state index in [1.807, 2.05) is 19.1 Å². The molecule has 3 heterocycles. The summed E-state index contributed by atoms with van der Waals surface area (Å²) in [6.45, 7) is 6.25. The van der Waals surface area contributed by atoms with Gasteiger partial charge >= 0.3 is 0 Å². The topological polar surface area (TPSA) is 62.7 Å². The molecule has 2 aromatic rings. The number of hydrogen-bond donors (Lipinski definition) is 2. The van der Waals surface area contributed by atoms with E-state index in [0.717, 1.165) is 54.4 Å². The highest BCUT2D eigenvalue weighted by Crippen LogP contribution is 2.22. The molecule has 2 aromatic heterocycles. The summed E-state index contributed by atoms with van der Waals surface area (Å²) in [5.41, 5.74) is 3.15. The fourth-order valence-electron chi connectivity index (χ4n) is 2.56. The van der Waals surface area contributed by atoms with Crippen LogP contribution in [0, 0.1) is 13.8 Å². The van der Waals surface area contributed by atoms with E-state index in [4.69, 9.17) is 4.98 Å². The van der Waals surface area contributed by atoms with Crippen LogP contribution in [0.25, 0.3) is 11.4 Å². The van der Waals surface area contributed by atoms with E-state index in [2.05, 4.69) is 27.5 Å². The number of nitrogens with one attached hydrogen (secondary N) is 2. The van der Waals surface area contributed by atoms with Gasteiger partial charge in [-0.2, -0.15) is 0 Å². The number of pyridine rings is 1. The first-order chi connectivity index (χ1) is 10.2. The van der Waals surface area contributed by atoms with E-state index in [1.165, 1.54) is 0 Å². The van der Waals surface area contributed by atoms with Crippen LogP contribution in [0.2, 0.25) is 0 Å². The minimum Gasteiger partial charge on any atom is -0.367 e. The molecule has 0 amide bonds. The largest absolute Gasteiger partial charge is 0.367 e. The average molecular weight is 283 g/mol. The van der Waals surface area contributed by atoms with E-state index in [-0.39, 0.29) is 0 Å². The molecule has 0 unspecified atom stereocenters. The number of nitrogens with zero attached hydrogens (tertiary/aromatic N) is 3. The zero-order valence-corrected chi connectivity index (χ0v) is 12.6. The van der Waals surface area contributed by atoms with Gasteiger partial charge in [-0.05, 0) is 51.9 Å². The van der Waals surface area contributed by atoms with Crippen molar-refractivity contribution < 1.29 is 0 Å². The molecule has 0 radical (unpaired) electrons. The van der Waals surface area contributed by atoms with Crippen molar-refractivity contribution in [1.29, 1.82) is 0 Å². The van der Waals surface area contributed by atoms with Crippen molar-refractivity contribution in [2.75, 3.05) is 18.4 Å². The van der Waals surface area contributed by atoms with Gasteiger partial charge in [0.2, 0.25) is 0 Å². The van der Waals surface area contributed by atoms with Crippen LogP contribution in [0.4, 0.5) is 5.82 Å². The lowest BCUT2D eigenvalue weighted by Gasteiger charge is -2.25. The van der Waals surface area contributed by atoms with Crippen molar-refractivity contribution in [2.45, 2.75) is 32.7 Å². The van der Waals surface area contributed by atoms with E-state index in [1.54, 1.807) is 12.4 Å². The van der Waals surface area contributed by atoms with E-state index in [9.17, 15) is 0 Å². The SMILES string of the molecule is Cc1nc(-c2ccncc2)nc(NC2CCNCC2)c1C. The highest BCUT2D eigenvalue weighted by molar-refractivity contribution is 5.59. The number of piperidine rings is 1. The molecular formula is C16H21N5. The molecule has 1 saturated heterocycles. The van der Waals surface area contributed by atoms with Crippen molar-refractivity contribution in [3.8, 4) is 11.4 Å². The standard InChI is InChI=1S/C16H21N5/c1-11-12(2)19-16(13-3-7-17-8-4-13)21-15(11)20-14-5-9-18-10-6-14/h3-4,7-8,14,18H,5-6,9-10H2,1-2H3,(H,19,20,21). The first-order valence-electron chi connectivity index (χ1n) is 7.47. The molecule has 5 nitrogen and oxygen atoms in total. The van der Waals surface area contributed by atoms with Gasteiger partial charge in [0, 0.05) is 35.3 Å². The maximum absolute atomic E-state index is 4.73. The minimum atomic E-state index is 0.490. The maximum atomic E-state index is 4.73. The highest BCUT2D eigenvalue weighted by atomic mass is 15.1. The maximum Gasteiger partial charge on any atom is 0.161 e. The molecule has 1 aliphatic heterocycles. The molecule has 21 heavy (non-hydrogen) atoms. The normalized spacial score (nSPS) is 15.9. The van der Waals surface area contributed by atoms with Crippen molar-refractivity contribution in [1.82, 2.24) is 20.3 Å². The van der Waals surface area contributed by atoms with Crippen LogP contribution in [0.5, 0.6) is 0 Å². The Hall–Kier alpha value is -2.01. The Morgan fingerprint density at radius 1 is 1.10 bits per heavy atom. The summed E-state index contributed by atoms with van der Waals surface area (Å²) >= 11 is 0. The Kier molecular flexibility index (Phi) is 4.10. The second-order valence-corrected chi connectivity index (χ2v) is 5.51. The van der Waals surface area contributed by atoms with Crippen LogP contribution in [-0.4, -0.2) is 34.1 Å². The summed E-state index contributed by atoms with van der Waals surface area (Å²) in [6.07, 6.45) is 5.81. The predicted molar refractivity (Wildman–Crippen MR) is 84.3 cm³/mol. The summed E-state index contributed by atoms with van der Waals surface area (Å²) in [6, 6.07) is 4.38. The van der Waals surface area contributed by atoms with E-state index < -0.39 is 0 Å². The molecule has 0 aliphatic carbocycles. The van der Waals surface area contributed by atoms with Crippen molar-refractivity contribution in [3.05, 3.63) is 35.8 Å². The van der Waals surface area contributed by atoms with Gasteiger partial charge in [-0.3, -0.25) is 4.98 Å². The van der Waals surface area contributed by atoms with E-state index >= 15 is 0 Å². The van der Waals surface area contributed by atoms with Crippen molar-refractivity contribution in [2.24, 2.45) is 0 Å². The zero-order valence-electron chi connectivity index (χ0n) is 12.6. The van der Waals surface area contributed by atoms with Gasteiger partial charge in [-0.25, -0.2) is 9.97 Å². The summed E-state index contributed by atoms with van der Waals surface area (Å²) in [5, 5.41) is 6.98. The number of hydrogen-bond acceptors (Lipinski definition) is 5. The molecule has 0 atom stereocenters. The molecular weight excluding hydrogens is 262 g/mol. The fraction of sp³-hybridized carbons (Fsp3) is 0.438. The van der Waals surface area contributed by atoms with Gasteiger partial charge < -0.3 is 10.6 Å². The van der Waals surface area contributed by atoms with Gasteiger partial charge in [-0.1, -0.05) is 0 Å². The number of aryl methyl sites for hydroxylation is 1. The highest BCUT2D eigenvalue weighted by Gasteiger charge is 2.16. The first-order valence-corrected chi connectivity index (χ1v) is 7.47.